The maximum atomic E-state index is 12.7. The number of hydrogen-bond acceptors (Lipinski definition) is 1. The number of hydrogen-bond donors (Lipinski definition) is 1. The zero-order valence-corrected chi connectivity index (χ0v) is 7.41. The third-order valence-electron chi connectivity index (χ3n) is 2.66. The number of phenolic OH excluding ortho intramolecular Hbond substituents is 1. The average Bonchev–Trinajstić information content (AvgIpc) is 2.90. The molecule has 0 spiro atoms. The van der Waals surface area contributed by atoms with Gasteiger partial charge in [0.2, 0.25) is 0 Å². The maximum absolute atomic E-state index is 12.7. The van der Waals surface area contributed by atoms with E-state index in [4.69, 9.17) is 0 Å². The summed E-state index contributed by atoms with van der Waals surface area (Å²) in [5.74, 6) is 0.746. The molecule has 1 aromatic carbocycles. The smallest absolute Gasteiger partial charge is 0.115 e. The van der Waals surface area contributed by atoms with E-state index < -0.39 is 0 Å². The first-order chi connectivity index (χ1) is 6.31. The highest BCUT2D eigenvalue weighted by atomic mass is 19.1. The molecule has 1 nitrogen and oxygen atoms in total. The Labute approximate surface area is 77.2 Å². The molecule has 1 fully saturated rings. The largest absolute Gasteiger partial charge is 0.508 e. The second kappa shape index (κ2) is 3.36. The highest BCUT2D eigenvalue weighted by molar-refractivity contribution is 5.30. The Balaban J connectivity index is 2.21. The van der Waals surface area contributed by atoms with E-state index in [-0.39, 0.29) is 18.3 Å². The first-order valence-corrected chi connectivity index (χ1v) is 4.66. The van der Waals surface area contributed by atoms with Gasteiger partial charge in [-0.2, -0.15) is 0 Å². The van der Waals surface area contributed by atoms with E-state index >= 15 is 0 Å². The topological polar surface area (TPSA) is 20.2 Å². The summed E-state index contributed by atoms with van der Waals surface area (Å²) in [6.07, 6.45) is 2.26. The average molecular weight is 180 g/mol. The van der Waals surface area contributed by atoms with E-state index in [0.29, 0.717) is 5.92 Å². The van der Waals surface area contributed by atoms with Crippen molar-refractivity contribution in [2.75, 3.05) is 6.67 Å². The van der Waals surface area contributed by atoms with Crippen LogP contribution in [0.1, 0.15) is 24.3 Å². The van der Waals surface area contributed by atoms with E-state index in [0.717, 1.165) is 18.4 Å². The summed E-state index contributed by atoms with van der Waals surface area (Å²) in [6, 6.07) is 6.95. The molecule has 0 heterocycles. The minimum absolute atomic E-state index is 0.00657. The molecule has 0 bridgehead atoms. The quantitative estimate of drug-likeness (QED) is 0.758. The van der Waals surface area contributed by atoms with Crippen molar-refractivity contribution in [3.63, 3.8) is 0 Å². The van der Waals surface area contributed by atoms with Gasteiger partial charge in [-0.3, -0.25) is 4.39 Å². The highest BCUT2D eigenvalue weighted by Gasteiger charge is 2.32. The molecular formula is C11H13FO. The van der Waals surface area contributed by atoms with Gasteiger partial charge in [0.25, 0.3) is 0 Å². The van der Waals surface area contributed by atoms with Gasteiger partial charge in [-0.1, -0.05) is 12.1 Å². The predicted molar refractivity (Wildman–Crippen MR) is 49.5 cm³/mol. The van der Waals surface area contributed by atoms with Crippen LogP contribution in [0.15, 0.2) is 24.3 Å². The van der Waals surface area contributed by atoms with Crippen molar-refractivity contribution in [1.29, 1.82) is 0 Å². The summed E-state index contributed by atoms with van der Waals surface area (Å²) in [6.45, 7) is -0.311. The molecule has 0 radical (unpaired) electrons. The second-order valence-electron chi connectivity index (χ2n) is 3.69. The van der Waals surface area contributed by atoms with Gasteiger partial charge in [-0.25, -0.2) is 0 Å². The van der Waals surface area contributed by atoms with Crippen LogP contribution in [0.2, 0.25) is 0 Å². The standard InChI is InChI=1S/C11H13FO/c12-7-11(8-4-5-8)9-2-1-3-10(13)6-9/h1-3,6,8,11,13H,4-5,7H2. The molecule has 1 saturated carbocycles. The van der Waals surface area contributed by atoms with Gasteiger partial charge in [0.15, 0.2) is 0 Å². The lowest BCUT2D eigenvalue weighted by atomic mass is 9.95. The molecule has 1 atom stereocenters. The van der Waals surface area contributed by atoms with Gasteiger partial charge in [0, 0.05) is 5.92 Å². The van der Waals surface area contributed by atoms with Crippen LogP contribution in [0.3, 0.4) is 0 Å². The van der Waals surface area contributed by atoms with Crippen LogP contribution in [0.5, 0.6) is 5.75 Å². The number of alkyl halides is 1. The second-order valence-corrected chi connectivity index (χ2v) is 3.69. The van der Waals surface area contributed by atoms with E-state index in [1.807, 2.05) is 6.07 Å². The summed E-state index contributed by atoms with van der Waals surface area (Å²) in [7, 11) is 0. The Bertz CT molecular complexity index is 294. The van der Waals surface area contributed by atoms with Gasteiger partial charge in [0.05, 0.1) is 6.67 Å². The van der Waals surface area contributed by atoms with Crippen molar-refractivity contribution in [1.82, 2.24) is 0 Å². The first-order valence-electron chi connectivity index (χ1n) is 4.66. The lowest BCUT2D eigenvalue weighted by Gasteiger charge is -2.12. The van der Waals surface area contributed by atoms with E-state index in [1.165, 1.54) is 0 Å². The zero-order valence-electron chi connectivity index (χ0n) is 7.41. The fraction of sp³-hybridized carbons (Fsp3) is 0.455. The van der Waals surface area contributed by atoms with Crippen LogP contribution in [0.25, 0.3) is 0 Å². The zero-order chi connectivity index (χ0) is 9.26. The third kappa shape index (κ3) is 1.82. The molecule has 0 saturated heterocycles. The van der Waals surface area contributed by atoms with Crippen molar-refractivity contribution in [3.05, 3.63) is 29.8 Å². The van der Waals surface area contributed by atoms with Gasteiger partial charge < -0.3 is 5.11 Å². The van der Waals surface area contributed by atoms with E-state index in [2.05, 4.69) is 0 Å². The van der Waals surface area contributed by atoms with Crippen LogP contribution in [-0.2, 0) is 0 Å². The van der Waals surface area contributed by atoms with Gasteiger partial charge >= 0.3 is 0 Å². The summed E-state index contributed by atoms with van der Waals surface area (Å²) in [5, 5.41) is 9.24. The minimum atomic E-state index is -0.311. The Morgan fingerprint density at radius 1 is 1.46 bits per heavy atom. The van der Waals surface area contributed by atoms with Crippen molar-refractivity contribution in [3.8, 4) is 5.75 Å². The number of halogens is 1. The first kappa shape index (κ1) is 8.54. The number of aromatic hydroxyl groups is 1. The van der Waals surface area contributed by atoms with Crippen molar-refractivity contribution in [2.24, 2.45) is 5.92 Å². The SMILES string of the molecule is Oc1cccc(C(CF)C2CC2)c1. The van der Waals surface area contributed by atoms with Crippen LogP contribution < -0.4 is 0 Å². The van der Waals surface area contributed by atoms with Crippen molar-refractivity contribution >= 4 is 0 Å². The molecular weight excluding hydrogens is 167 g/mol. The Hall–Kier alpha value is -1.05. The predicted octanol–water partition coefficient (Wildman–Crippen LogP) is 2.86. The van der Waals surface area contributed by atoms with Crippen molar-refractivity contribution in [2.45, 2.75) is 18.8 Å². The van der Waals surface area contributed by atoms with Crippen LogP contribution in [0.4, 0.5) is 4.39 Å². The van der Waals surface area contributed by atoms with Gasteiger partial charge in [0.1, 0.15) is 5.75 Å². The molecule has 0 aliphatic heterocycles. The summed E-state index contributed by atoms with van der Waals surface area (Å²) in [4.78, 5) is 0. The summed E-state index contributed by atoms with van der Waals surface area (Å²) < 4.78 is 12.7. The maximum Gasteiger partial charge on any atom is 0.115 e. The van der Waals surface area contributed by atoms with Crippen molar-refractivity contribution < 1.29 is 9.50 Å². The Morgan fingerprint density at radius 3 is 2.77 bits per heavy atom. The molecule has 1 N–H and O–H groups in total. The molecule has 70 valence electrons. The normalized spacial score (nSPS) is 18.5. The van der Waals surface area contributed by atoms with Gasteiger partial charge in [-0.15, -0.1) is 0 Å². The Morgan fingerprint density at radius 2 is 2.23 bits per heavy atom. The monoisotopic (exact) mass is 180 g/mol. The third-order valence-corrected chi connectivity index (χ3v) is 2.66. The number of phenols is 1. The summed E-state index contributed by atoms with van der Waals surface area (Å²) in [5.41, 5.74) is 0.935. The van der Waals surface area contributed by atoms with Crippen LogP contribution in [-0.4, -0.2) is 11.8 Å². The van der Waals surface area contributed by atoms with Crippen LogP contribution >= 0.6 is 0 Å². The molecule has 0 aromatic heterocycles. The molecule has 1 aliphatic carbocycles. The number of rotatable bonds is 3. The molecule has 1 aliphatic rings. The van der Waals surface area contributed by atoms with Gasteiger partial charge in [-0.05, 0) is 36.5 Å². The molecule has 2 rings (SSSR count). The van der Waals surface area contributed by atoms with E-state index in [1.54, 1.807) is 18.2 Å². The highest BCUT2D eigenvalue weighted by Crippen LogP contribution is 2.43. The van der Waals surface area contributed by atoms with E-state index in [9.17, 15) is 9.50 Å². The Kier molecular flexibility index (Phi) is 2.21. The molecule has 2 heteroatoms. The molecule has 13 heavy (non-hydrogen) atoms. The fourth-order valence-corrected chi connectivity index (χ4v) is 1.74. The van der Waals surface area contributed by atoms with Crippen LogP contribution in [0, 0.1) is 5.92 Å². The fourth-order valence-electron chi connectivity index (χ4n) is 1.74. The number of benzene rings is 1. The lowest BCUT2D eigenvalue weighted by Crippen LogP contribution is -2.02. The molecule has 0 amide bonds. The molecule has 1 aromatic rings. The lowest BCUT2D eigenvalue weighted by molar-refractivity contribution is 0.402. The minimum Gasteiger partial charge on any atom is -0.508 e. The molecule has 1 unspecified atom stereocenters. The summed E-state index contributed by atoms with van der Waals surface area (Å²) >= 11 is 0.